The maximum Gasteiger partial charge on any atom is 0.169 e. The van der Waals surface area contributed by atoms with Gasteiger partial charge < -0.3 is 20.6 Å². The molecule has 0 radical (unpaired) electrons. The summed E-state index contributed by atoms with van der Waals surface area (Å²) >= 11 is 0. The highest BCUT2D eigenvalue weighted by Crippen LogP contribution is 2.32. The number of carbonyl (C=O) groups excluding carboxylic acids is 1. The van der Waals surface area contributed by atoms with Crippen molar-refractivity contribution in [2.75, 3.05) is 41.7 Å². The average Bonchev–Trinajstić information content (AvgIpc) is 2.75. The van der Waals surface area contributed by atoms with Gasteiger partial charge in [-0.25, -0.2) is 0 Å². The Kier molecular flexibility index (Phi) is 4.80. The number of aromatic nitrogens is 2. The smallest absolute Gasteiger partial charge is 0.169 e. The van der Waals surface area contributed by atoms with E-state index in [0.717, 1.165) is 43.8 Å². The summed E-state index contributed by atoms with van der Waals surface area (Å²) in [4.78, 5) is 15.3. The zero-order valence-electron chi connectivity index (χ0n) is 15.3. The molecule has 7 nitrogen and oxygen atoms in total. The van der Waals surface area contributed by atoms with Gasteiger partial charge in [0.2, 0.25) is 0 Å². The van der Waals surface area contributed by atoms with Crippen LogP contribution >= 0.6 is 0 Å². The van der Waals surface area contributed by atoms with Crippen LogP contribution in [0.5, 0.6) is 5.75 Å². The number of para-hydroxylation sites is 1. The van der Waals surface area contributed by atoms with Crippen LogP contribution in [-0.4, -0.2) is 47.8 Å². The lowest BCUT2D eigenvalue weighted by Crippen LogP contribution is -2.46. The molecule has 0 saturated carbocycles. The van der Waals surface area contributed by atoms with E-state index in [2.05, 4.69) is 20.0 Å². The number of aldehydes is 1. The number of nitrogen functional groups attached to an aromatic ring is 1. The van der Waals surface area contributed by atoms with Crippen LogP contribution in [-0.2, 0) is 0 Å². The number of phenols is 1. The van der Waals surface area contributed by atoms with E-state index in [0.29, 0.717) is 22.6 Å². The first-order valence-corrected chi connectivity index (χ1v) is 9.12. The van der Waals surface area contributed by atoms with Crippen LogP contribution in [0.15, 0.2) is 54.6 Å². The van der Waals surface area contributed by atoms with Crippen molar-refractivity contribution >= 4 is 23.5 Å². The van der Waals surface area contributed by atoms with Crippen LogP contribution < -0.4 is 15.5 Å². The molecule has 2 heterocycles. The molecule has 142 valence electrons. The Morgan fingerprint density at radius 2 is 1.61 bits per heavy atom. The van der Waals surface area contributed by atoms with Crippen LogP contribution in [0.3, 0.4) is 0 Å². The van der Waals surface area contributed by atoms with Gasteiger partial charge in [-0.2, -0.15) is 0 Å². The first kappa shape index (κ1) is 17.8. The lowest BCUT2D eigenvalue weighted by molar-refractivity contribution is 0.112. The zero-order chi connectivity index (χ0) is 19.5. The summed E-state index contributed by atoms with van der Waals surface area (Å²) in [6, 6.07) is 16.5. The molecule has 4 rings (SSSR count). The number of nitrogens with two attached hydrogens (primary N) is 1. The van der Waals surface area contributed by atoms with E-state index in [9.17, 15) is 9.90 Å². The molecule has 0 aliphatic carbocycles. The van der Waals surface area contributed by atoms with Gasteiger partial charge in [0.1, 0.15) is 12.0 Å². The number of carbonyl (C=O) groups is 1. The molecule has 0 atom stereocenters. The van der Waals surface area contributed by atoms with Gasteiger partial charge in [0.15, 0.2) is 5.82 Å². The topological polar surface area (TPSA) is 95.6 Å². The lowest BCUT2D eigenvalue weighted by atomic mass is 10.1. The highest BCUT2D eigenvalue weighted by molar-refractivity contribution is 5.76. The number of hydrogen-bond donors (Lipinski definition) is 2. The Balaban J connectivity index is 1.52. The number of phenolic OH excluding ortho intramolecular Hbond substituents is 1. The molecule has 2 aromatic carbocycles. The standard InChI is InChI=1S/C21H21N5O2/c22-21-19(13-18(23-24-21)17-3-1-2-4-20(17)28)26-11-9-25(10-12-26)16-7-5-15(14-27)6-8-16/h1-8,13-14,28H,9-12H2,(H2,22,24). The molecule has 1 aliphatic rings. The summed E-state index contributed by atoms with van der Waals surface area (Å²) in [6.45, 7) is 3.22. The van der Waals surface area contributed by atoms with Gasteiger partial charge in [-0.05, 0) is 42.5 Å². The maximum atomic E-state index is 10.8. The van der Waals surface area contributed by atoms with E-state index in [4.69, 9.17) is 5.73 Å². The van der Waals surface area contributed by atoms with Crippen LogP contribution in [0.2, 0.25) is 0 Å². The van der Waals surface area contributed by atoms with Gasteiger partial charge >= 0.3 is 0 Å². The zero-order valence-corrected chi connectivity index (χ0v) is 15.3. The van der Waals surface area contributed by atoms with Crippen molar-refractivity contribution in [1.29, 1.82) is 0 Å². The number of nitrogens with zero attached hydrogens (tertiary/aromatic N) is 4. The summed E-state index contributed by atoms with van der Waals surface area (Å²) in [7, 11) is 0. The Bertz CT molecular complexity index is 982. The molecule has 0 amide bonds. The molecular weight excluding hydrogens is 354 g/mol. The van der Waals surface area contributed by atoms with Crippen molar-refractivity contribution in [3.8, 4) is 17.0 Å². The van der Waals surface area contributed by atoms with Crippen LogP contribution in [0, 0.1) is 0 Å². The highest BCUT2D eigenvalue weighted by Gasteiger charge is 2.21. The summed E-state index contributed by atoms with van der Waals surface area (Å²) in [5.41, 5.74) is 9.91. The van der Waals surface area contributed by atoms with Crippen molar-refractivity contribution in [2.24, 2.45) is 0 Å². The van der Waals surface area contributed by atoms with Crippen molar-refractivity contribution < 1.29 is 9.90 Å². The molecule has 1 fully saturated rings. The minimum Gasteiger partial charge on any atom is -0.507 e. The molecule has 0 spiro atoms. The van der Waals surface area contributed by atoms with E-state index < -0.39 is 0 Å². The minimum atomic E-state index is 0.163. The fourth-order valence-corrected chi connectivity index (χ4v) is 3.44. The molecule has 0 unspecified atom stereocenters. The van der Waals surface area contributed by atoms with Crippen molar-refractivity contribution in [2.45, 2.75) is 0 Å². The monoisotopic (exact) mass is 375 g/mol. The lowest BCUT2D eigenvalue weighted by Gasteiger charge is -2.37. The predicted octanol–water partition coefficient (Wildman–Crippen LogP) is 2.57. The maximum absolute atomic E-state index is 10.8. The fourth-order valence-electron chi connectivity index (χ4n) is 3.44. The normalized spacial score (nSPS) is 14.1. The summed E-state index contributed by atoms with van der Waals surface area (Å²) in [5, 5.41) is 18.3. The molecule has 0 bridgehead atoms. The Morgan fingerprint density at radius 1 is 0.929 bits per heavy atom. The summed E-state index contributed by atoms with van der Waals surface area (Å²) in [5.74, 6) is 0.541. The number of anilines is 3. The molecular formula is C21H21N5O2. The van der Waals surface area contributed by atoms with Gasteiger partial charge in [0, 0.05) is 43.0 Å². The molecule has 1 saturated heterocycles. The van der Waals surface area contributed by atoms with Gasteiger partial charge in [-0.1, -0.05) is 12.1 Å². The van der Waals surface area contributed by atoms with Gasteiger partial charge in [-0.3, -0.25) is 4.79 Å². The van der Waals surface area contributed by atoms with Crippen molar-refractivity contribution in [3.63, 3.8) is 0 Å². The number of benzene rings is 2. The fraction of sp³-hybridized carbons (Fsp3) is 0.190. The molecule has 3 aromatic rings. The average molecular weight is 375 g/mol. The molecule has 1 aromatic heterocycles. The third-order valence-corrected chi connectivity index (χ3v) is 5.00. The predicted molar refractivity (Wildman–Crippen MR) is 110 cm³/mol. The summed E-state index contributed by atoms with van der Waals surface area (Å²) < 4.78 is 0. The first-order chi connectivity index (χ1) is 13.7. The minimum absolute atomic E-state index is 0.163. The van der Waals surface area contributed by atoms with E-state index in [1.165, 1.54) is 0 Å². The first-order valence-electron chi connectivity index (χ1n) is 9.12. The van der Waals surface area contributed by atoms with E-state index >= 15 is 0 Å². The number of hydrogen-bond acceptors (Lipinski definition) is 7. The van der Waals surface area contributed by atoms with Gasteiger partial charge in [0.05, 0.1) is 11.4 Å². The van der Waals surface area contributed by atoms with Crippen LogP contribution in [0.25, 0.3) is 11.3 Å². The second-order valence-electron chi connectivity index (χ2n) is 6.70. The third-order valence-electron chi connectivity index (χ3n) is 5.00. The second kappa shape index (κ2) is 7.56. The quantitative estimate of drug-likeness (QED) is 0.677. The van der Waals surface area contributed by atoms with Crippen LogP contribution in [0.4, 0.5) is 17.2 Å². The van der Waals surface area contributed by atoms with E-state index in [1.54, 1.807) is 18.2 Å². The Labute approximate surface area is 163 Å². The van der Waals surface area contributed by atoms with Crippen molar-refractivity contribution in [1.82, 2.24) is 10.2 Å². The molecule has 3 N–H and O–H groups in total. The SMILES string of the molecule is Nc1nnc(-c2ccccc2O)cc1N1CCN(c2ccc(C=O)cc2)CC1. The largest absolute Gasteiger partial charge is 0.507 e. The summed E-state index contributed by atoms with van der Waals surface area (Å²) in [6.07, 6.45) is 0.850. The van der Waals surface area contributed by atoms with Gasteiger partial charge in [-0.15, -0.1) is 10.2 Å². The molecule has 7 heteroatoms. The van der Waals surface area contributed by atoms with Crippen molar-refractivity contribution in [3.05, 3.63) is 60.2 Å². The second-order valence-corrected chi connectivity index (χ2v) is 6.70. The number of piperazine rings is 1. The molecule has 1 aliphatic heterocycles. The van der Waals surface area contributed by atoms with Gasteiger partial charge in [0.25, 0.3) is 0 Å². The van der Waals surface area contributed by atoms with E-state index in [-0.39, 0.29) is 5.75 Å². The number of aromatic hydroxyl groups is 1. The third kappa shape index (κ3) is 3.46. The van der Waals surface area contributed by atoms with Crippen LogP contribution in [0.1, 0.15) is 10.4 Å². The molecule has 28 heavy (non-hydrogen) atoms. The van der Waals surface area contributed by atoms with E-state index in [1.807, 2.05) is 36.4 Å². The highest BCUT2D eigenvalue weighted by atomic mass is 16.3. The Hall–Kier alpha value is -3.61. The Morgan fingerprint density at radius 3 is 2.29 bits per heavy atom. The number of rotatable bonds is 4.